The molecular formula is C22H19N5O2. The zero-order chi connectivity index (χ0) is 20.8. The number of pyridine rings is 1. The first-order chi connectivity index (χ1) is 14.0. The van der Waals surface area contributed by atoms with Gasteiger partial charge in [0.25, 0.3) is 11.8 Å². The van der Waals surface area contributed by atoms with E-state index in [-0.39, 0.29) is 11.4 Å². The Labute approximate surface area is 168 Å². The molecule has 0 aliphatic rings. The number of benzene rings is 2. The van der Waals surface area contributed by atoms with E-state index in [4.69, 9.17) is 5.26 Å². The highest BCUT2D eigenvalue weighted by molar-refractivity contribution is 6.06. The second kappa shape index (κ2) is 8.67. The summed E-state index contributed by atoms with van der Waals surface area (Å²) in [5.41, 5.74) is 2.93. The van der Waals surface area contributed by atoms with Gasteiger partial charge in [-0.15, -0.1) is 0 Å². The van der Waals surface area contributed by atoms with Gasteiger partial charge in [-0.1, -0.05) is 6.07 Å². The first-order valence-electron chi connectivity index (χ1n) is 8.83. The molecule has 7 heteroatoms. The van der Waals surface area contributed by atoms with Crippen LogP contribution in [0, 0.1) is 11.3 Å². The summed E-state index contributed by atoms with van der Waals surface area (Å²) in [6.45, 7) is 0. The molecule has 0 aliphatic carbocycles. The number of rotatable bonds is 5. The fourth-order valence-electron chi connectivity index (χ4n) is 2.55. The molecule has 0 fully saturated rings. The van der Waals surface area contributed by atoms with Gasteiger partial charge in [-0.2, -0.15) is 5.26 Å². The van der Waals surface area contributed by atoms with E-state index in [1.54, 1.807) is 48.5 Å². The number of hydrogen-bond donors (Lipinski definition) is 2. The van der Waals surface area contributed by atoms with Gasteiger partial charge in [-0.25, -0.2) is 4.98 Å². The summed E-state index contributed by atoms with van der Waals surface area (Å²) in [6, 6.07) is 20.5. The van der Waals surface area contributed by atoms with Crippen LogP contribution in [0.15, 0.2) is 66.7 Å². The number of aromatic nitrogens is 1. The molecular weight excluding hydrogens is 366 g/mol. The topological polar surface area (TPSA) is 98.1 Å². The molecule has 2 aromatic carbocycles. The standard InChI is InChI=1S/C22H19N5O2/c1-27(2)18-12-10-17(11-13-18)25-22(29)20-5-3-4-19(26-20)21(28)24-16-8-6-15(14-23)7-9-16/h3-13H,1-2H3,(H,24,28)(H,25,29). The molecule has 3 rings (SSSR count). The number of nitrogens with one attached hydrogen (secondary N) is 2. The van der Waals surface area contributed by atoms with Gasteiger partial charge >= 0.3 is 0 Å². The molecule has 29 heavy (non-hydrogen) atoms. The number of carbonyl (C=O) groups excluding carboxylic acids is 2. The minimum Gasteiger partial charge on any atom is -0.378 e. The highest BCUT2D eigenvalue weighted by atomic mass is 16.2. The SMILES string of the molecule is CN(C)c1ccc(NC(=O)c2cccc(C(=O)Nc3ccc(C#N)cc3)n2)cc1. The van der Waals surface area contributed by atoms with Crippen molar-refractivity contribution in [2.45, 2.75) is 0 Å². The number of anilines is 3. The lowest BCUT2D eigenvalue weighted by molar-refractivity contribution is 0.101. The second-order valence-electron chi connectivity index (χ2n) is 6.45. The molecule has 1 heterocycles. The highest BCUT2D eigenvalue weighted by Crippen LogP contribution is 2.16. The number of nitriles is 1. The molecule has 0 saturated carbocycles. The van der Waals surface area contributed by atoms with E-state index in [9.17, 15) is 9.59 Å². The Morgan fingerprint density at radius 2 is 1.31 bits per heavy atom. The van der Waals surface area contributed by atoms with E-state index in [0.29, 0.717) is 16.9 Å². The van der Waals surface area contributed by atoms with Crippen molar-refractivity contribution >= 4 is 28.9 Å². The Bertz CT molecular complexity index is 1070. The van der Waals surface area contributed by atoms with Crippen LogP contribution in [0.25, 0.3) is 0 Å². The summed E-state index contributed by atoms with van der Waals surface area (Å²) in [6.07, 6.45) is 0. The molecule has 0 aliphatic heterocycles. The Balaban J connectivity index is 1.69. The number of carbonyl (C=O) groups is 2. The Morgan fingerprint density at radius 3 is 1.76 bits per heavy atom. The van der Waals surface area contributed by atoms with Gasteiger partial charge in [0.2, 0.25) is 0 Å². The third-order valence-corrected chi connectivity index (χ3v) is 4.13. The zero-order valence-corrected chi connectivity index (χ0v) is 16.0. The molecule has 2 amide bonds. The third-order valence-electron chi connectivity index (χ3n) is 4.13. The minimum absolute atomic E-state index is 0.116. The van der Waals surface area contributed by atoms with Crippen LogP contribution in [0.4, 0.5) is 17.1 Å². The van der Waals surface area contributed by atoms with Crippen molar-refractivity contribution in [2.24, 2.45) is 0 Å². The summed E-state index contributed by atoms with van der Waals surface area (Å²) in [5, 5.41) is 14.3. The van der Waals surface area contributed by atoms with Crippen LogP contribution in [0.3, 0.4) is 0 Å². The third kappa shape index (κ3) is 4.96. The van der Waals surface area contributed by atoms with Crippen LogP contribution in [0.2, 0.25) is 0 Å². The highest BCUT2D eigenvalue weighted by Gasteiger charge is 2.13. The molecule has 0 unspecified atom stereocenters. The maximum Gasteiger partial charge on any atom is 0.274 e. The van der Waals surface area contributed by atoms with Crippen molar-refractivity contribution in [3.63, 3.8) is 0 Å². The molecule has 7 nitrogen and oxygen atoms in total. The van der Waals surface area contributed by atoms with Gasteiger partial charge in [0.15, 0.2) is 0 Å². The number of hydrogen-bond acceptors (Lipinski definition) is 5. The van der Waals surface area contributed by atoms with Crippen molar-refractivity contribution in [3.8, 4) is 6.07 Å². The Morgan fingerprint density at radius 1 is 0.828 bits per heavy atom. The normalized spacial score (nSPS) is 9.97. The predicted octanol–water partition coefficient (Wildman–Crippen LogP) is 3.52. The molecule has 0 spiro atoms. The van der Waals surface area contributed by atoms with Crippen molar-refractivity contribution < 1.29 is 9.59 Å². The van der Waals surface area contributed by atoms with E-state index in [1.807, 2.05) is 37.2 Å². The lowest BCUT2D eigenvalue weighted by Gasteiger charge is -2.13. The van der Waals surface area contributed by atoms with Crippen molar-refractivity contribution in [3.05, 3.63) is 83.7 Å². The molecule has 2 N–H and O–H groups in total. The zero-order valence-electron chi connectivity index (χ0n) is 16.0. The molecule has 3 aromatic rings. The fraction of sp³-hybridized carbons (Fsp3) is 0.0909. The van der Waals surface area contributed by atoms with Gasteiger partial charge in [-0.05, 0) is 60.7 Å². The molecule has 0 atom stereocenters. The summed E-state index contributed by atoms with van der Waals surface area (Å²) in [7, 11) is 3.87. The Hall–Kier alpha value is -4.18. The number of amides is 2. The van der Waals surface area contributed by atoms with Crippen LogP contribution < -0.4 is 15.5 Å². The van der Waals surface area contributed by atoms with Crippen LogP contribution in [0.1, 0.15) is 26.5 Å². The summed E-state index contributed by atoms with van der Waals surface area (Å²) in [5.74, 6) is -0.852. The first kappa shape index (κ1) is 19.6. The quantitative estimate of drug-likeness (QED) is 0.700. The smallest absolute Gasteiger partial charge is 0.274 e. The van der Waals surface area contributed by atoms with Crippen molar-refractivity contribution in [1.82, 2.24) is 4.98 Å². The van der Waals surface area contributed by atoms with Gasteiger partial charge in [0, 0.05) is 31.2 Å². The van der Waals surface area contributed by atoms with Gasteiger partial charge < -0.3 is 15.5 Å². The average Bonchev–Trinajstić information content (AvgIpc) is 2.74. The van der Waals surface area contributed by atoms with Crippen LogP contribution >= 0.6 is 0 Å². The Kier molecular flexibility index (Phi) is 5.85. The summed E-state index contributed by atoms with van der Waals surface area (Å²) >= 11 is 0. The molecule has 1 aromatic heterocycles. The molecule has 144 valence electrons. The molecule has 0 bridgehead atoms. The minimum atomic E-state index is -0.445. The van der Waals surface area contributed by atoms with E-state index >= 15 is 0 Å². The number of nitrogens with zero attached hydrogens (tertiary/aromatic N) is 3. The van der Waals surface area contributed by atoms with Crippen LogP contribution in [-0.4, -0.2) is 30.9 Å². The maximum atomic E-state index is 12.5. The largest absolute Gasteiger partial charge is 0.378 e. The van der Waals surface area contributed by atoms with Gasteiger partial charge in [0.1, 0.15) is 11.4 Å². The molecule has 0 saturated heterocycles. The lowest BCUT2D eigenvalue weighted by Crippen LogP contribution is -2.18. The van der Waals surface area contributed by atoms with E-state index in [1.165, 1.54) is 6.07 Å². The predicted molar refractivity (Wildman–Crippen MR) is 112 cm³/mol. The summed E-state index contributed by atoms with van der Waals surface area (Å²) < 4.78 is 0. The van der Waals surface area contributed by atoms with Crippen molar-refractivity contribution in [2.75, 3.05) is 29.6 Å². The average molecular weight is 385 g/mol. The first-order valence-corrected chi connectivity index (χ1v) is 8.83. The second-order valence-corrected chi connectivity index (χ2v) is 6.45. The monoisotopic (exact) mass is 385 g/mol. The fourth-order valence-corrected chi connectivity index (χ4v) is 2.55. The van der Waals surface area contributed by atoms with Crippen LogP contribution in [0.5, 0.6) is 0 Å². The molecule has 0 radical (unpaired) electrons. The van der Waals surface area contributed by atoms with E-state index in [2.05, 4.69) is 15.6 Å². The summed E-state index contributed by atoms with van der Waals surface area (Å²) in [4.78, 5) is 31.0. The lowest BCUT2D eigenvalue weighted by atomic mass is 10.2. The van der Waals surface area contributed by atoms with E-state index < -0.39 is 11.8 Å². The van der Waals surface area contributed by atoms with Gasteiger partial charge in [0.05, 0.1) is 11.6 Å². The van der Waals surface area contributed by atoms with Gasteiger partial charge in [-0.3, -0.25) is 9.59 Å². The van der Waals surface area contributed by atoms with E-state index in [0.717, 1.165) is 5.69 Å². The van der Waals surface area contributed by atoms with Crippen molar-refractivity contribution in [1.29, 1.82) is 5.26 Å². The van der Waals surface area contributed by atoms with Crippen LogP contribution in [-0.2, 0) is 0 Å². The maximum absolute atomic E-state index is 12.5.